The molecule has 1 amide bonds. The largest absolute Gasteiger partial charge is 0.389 e. The molecule has 0 fully saturated rings. The predicted octanol–water partition coefficient (Wildman–Crippen LogP) is 1.65. The second kappa shape index (κ2) is 3.66. The highest BCUT2D eigenvalue weighted by atomic mass is 16.3. The Balaban J connectivity index is 2.42. The number of hydrogen-bond donors (Lipinski definition) is 1. The van der Waals surface area contributed by atoms with Crippen LogP contribution in [-0.4, -0.2) is 18.1 Å². The van der Waals surface area contributed by atoms with Crippen molar-refractivity contribution in [3.63, 3.8) is 0 Å². The van der Waals surface area contributed by atoms with Crippen molar-refractivity contribution in [3.8, 4) is 0 Å². The molecule has 0 aliphatic carbocycles. The minimum atomic E-state index is -0.446. The average molecular weight is 205 g/mol. The third-order valence-electron chi connectivity index (χ3n) is 2.93. The van der Waals surface area contributed by atoms with Crippen molar-refractivity contribution in [1.29, 1.82) is 0 Å². The molecule has 2 rings (SSSR count). The van der Waals surface area contributed by atoms with Gasteiger partial charge in [0, 0.05) is 19.2 Å². The lowest BCUT2D eigenvalue weighted by atomic mass is 9.97. The molecule has 80 valence electrons. The van der Waals surface area contributed by atoms with E-state index < -0.39 is 6.10 Å². The fourth-order valence-corrected chi connectivity index (χ4v) is 1.94. The van der Waals surface area contributed by atoms with Crippen LogP contribution in [0.25, 0.3) is 0 Å². The van der Waals surface area contributed by atoms with E-state index in [1.54, 1.807) is 18.9 Å². The number of carbonyl (C=O) groups is 1. The van der Waals surface area contributed by atoms with Gasteiger partial charge in [-0.2, -0.15) is 0 Å². The molecule has 15 heavy (non-hydrogen) atoms. The summed E-state index contributed by atoms with van der Waals surface area (Å²) in [6.07, 6.45) is 0.893. The maximum atomic E-state index is 11.5. The first kappa shape index (κ1) is 10.2. The third-order valence-corrected chi connectivity index (χ3v) is 2.93. The number of aliphatic hydroxyl groups is 1. The lowest BCUT2D eigenvalue weighted by molar-refractivity contribution is -0.118. The van der Waals surface area contributed by atoms with Gasteiger partial charge in [0.1, 0.15) is 0 Å². The molecule has 1 aliphatic heterocycles. The summed E-state index contributed by atoms with van der Waals surface area (Å²) in [5.74, 6) is 0.160. The highest BCUT2D eigenvalue weighted by Crippen LogP contribution is 2.29. The van der Waals surface area contributed by atoms with Crippen LogP contribution in [0.15, 0.2) is 18.2 Å². The summed E-state index contributed by atoms with van der Waals surface area (Å²) in [6.45, 7) is 1.75. The van der Waals surface area contributed by atoms with Crippen LogP contribution < -0.4 is 4.90 Å². The Morgan fingerprint density at radius 3 is 2.80 bits per heavy atom. The van der Waals surface area contributed by atoms with Gasteiger partial charge in [-0.25, -0.2) is 0 Å². The van der Waals surface area contributed by atoms with Crippen molar-refractivity contribution >= 4 is 11.6 Å². The molecule has 0 bridgehead atoms. The normalized spacial score (nSPS) is 17.5. The first-order valence-electron chi connectivity index (χ1n) is 5.17. The zero-order valence-electron chi connectivity index (χ0n) is 9.03. The zero-order chi connectivity index (χ0) is 11.0. The molecule has 0 saturated carbocycles. The van der Waals surface area contributed by atoms with Crippen molar-refractivity contribution in [3.05, 3.63) is 29.3 Å². The van der Waals surface area contributed by atoms with E-state index in [1.165, 1.54) is 0 Å². The maximum Gasteiger partial charge on any atom is 0.227 e. The number of carbonyl (C=O) groups excluding carboxylic acids is 1. The highest BCUT2D eigenvalue weighted by molar-refractivity contribution is 5.95. The van der Waals surface area contributed by atoms with E-state index in [-0.39, 0.29) is 5.91 Å². The van der Waals surface area contributed by atoms with Crippen molar-refractivity contribution in [1.82, 2.24) is 0 Å². The third kappa shape index (κ3) is 1.75. The van der Waals surface area contributed by atoms with Gasteiger partial charge in [-0.1, -0.05) is 12.1 Å². The molecule has 0 spiro atoms. The molecule has 0 aromatic heterocycles. The Morgan fingerprint density at radius 2 is 2.13 bits per heavy atom. The van der Waals surface area contributed by atoms with Crippen LogP contribution in [0.5, 0.6) is 0 Å². The summed E-state index contributed by atoms with van der Waals surface area (Å²) in [5, 5.41) is 9.46. The van der Waals surface area contributed by atoms with E-state index in [9.17, 15) is 9.90 Å². The summed E-state index contributed by atoms with van der Waals surface area (Å²) >= 11 is 0. The number of amides is 1. The minimum Gasteiger partial charge on any atom is -0.389 e. The molecule has 3 heteroatoms. The summed E-state index contributed by atoms with van der Waals surface area (Å²) in [7, 11) is 1.79. The number of fused-ring (bicyclic) bond motifs is 1. The molecular weight excluding hydrogens is 190 g/mol. The highest BCUT2D eigenvalue weighted by Gasteiger charge is 2.21. The van der Waals surface area contributed by atoms with Gasteiger partial charge in [0.05, 0.1) is 6.10 Å². The number of benzene rings is 1. The molecular formula is C12H15NO2. The number of hydrogen-bond acceptors (Lipinski definition) is 2. The second-order valence-electron chi connectivity index (χ2n) is 4.02. The zero-order valence-corrected chi connectivity index (χ0v) is 9.03. The van der Waals surface area contributed by atoms with E-state index >= 15 is 0 Å². The molecule has 1 aliphatic rings. The van der Waals surface area contributed by atoms with Crippen molar-refractivity contribution in [2.45, 2.75) is 25.9 Å². The average Bonchev–Trinajstić information content (AvgIpc) is 2.23. The van der Waals surface area contributed by atoms with Crippen LogP contribution in [0.2, 0.25) is 0 Å². The van der Waals surface area contributed by atoms with Crippen LogP contribution in [0.3, 0.4) is 0 Å². The Morgan fingerprint density at radius 1 is 1.40 bits per heavy atom. The topological polar surface area (TPSA) is 40.5 Å². The van der Waals surface area contributed by atoms with Crippen LogP contribution in [0, 0.1) is 0 Å². The molecule has 1 aromatic rings. The van der Waals surface area contributed by atoms with Gasteiger partial charge >= 0.3 is 0 Å². The van der Waals surface area contributed by atoms with Crippen LogP contribution >= 0.6 is 0 Å². The number of nitrogens with zero attached hydrogens (tertiary/aromatic N) is 1. The predicted molar refractivity (Wildman–Crippen MR) is 58.8 cm³/mol. The van der Waals surface area contributed by atoms with Gasteiger partial charge in [0.15, 0.2) is 0 Å². The Labute approximate surface area is 89.3 Å². The van der Waals surface area contributed by atoms with Crippen molar-refractivity contribution < 1.29 is 9.90 Å². The molecule has 0 unspecified atom stereocenters. The lowest BCUT2D eigenvalue weighted by Gasteiger charge is -2.26. The summed E-state index contributed by atoms with van der Waals surface area (Å²) in [6, 6.07) is 5.77. The SMILES string of the molecule is C[C@H](O)c1ccc2c(c1)CCC(=O)N2C. The number of anilines is 1. The van der Waals surface area contributed by atoms with Gasteiger partial charge in [0.2, 0.25) is 5.91 Å². The van der Waals surface area contributed by atoms with Crippen molar-refractivity contribution in [2.24, 2.45) is 0 Å². The van der Waals surface area contributed by atoms with Gasteiger partial charge in [0.25, 0.3) is 0 Å². The van der Waals surface area contributed by atoms with Crippen LogP contribution in [0.4, 0.5) is 5.69 Å². The summed E-state index contributed by atoms with van der Waals surface area (Å²) < 4.78 is 0. The first-order chi connectivity index (χ1) is 7.09. The minimum absolute atomic E-state index is 0.160. The number of aryl methyl sites for hydroxylation is 1. The van der Waals surface area contributed by atoms with E-state index in [1.807, 2.05) is 18.2 Å². The molecule has 1 N–H and O–H groups in total. The fraction of sp³-hybridized carbons (Fsp3) is 0.417. The Bertz CT molecular complexity index is 399. The van der Waals surface area contributed by atoms with Gasteiger partial charge in [-0.3, -0.25) is 4.79 Å². The monoisotopic (exact) mass is 205 g/mol. The quantitative estimate of drug-likeness (QED) is 0.757. The summed E-state index contributed by atoms with van der Waals surface area (Å²) in [5.41, 5.74) is 3.03. The molecule has 0 saturated heterocycles. The Kier molecular flexibility index (Phi) is 2.49. The molecule has 1 aromatic carbocycles. The van der Waals surface area contributed by atoms with E-state index in [4.69, 9.17) is 0 Å². The van der Waals surface area contributed by atoms with Crippen molar-refractivity contribution in [2.75, 3.05) is 11.9 Å². The number of rotatable bonds is 1. The van der Waals surface area contributed by atoms with E-state index in [2.05, 4.69) is 0 Å². The van der Waals surface area contributed by atoms with Gasteiger partial charge in [-0.05, 0) is 30.5 Å². The Hall–Kier alpha value is -1.35. The summed E-state index contributed by atoms with van der Waals surface area (Å²) in [4.78, 5) is 13.1. The van der Waals surface area contributed by atoms with E-state index in [0.29, 0.717) is 6.42 Å². The standard InChI is InChI=1S/C12H15NO2/c1-8(14)9-3-5-11-10(7-9)4-6-12(15)13(11)2/h3,5,7-8,14H,4,6H2,1-2H3/t8-/m0/s1. The second-order valence-corrected chi connectivity index (χ2v) is 4.02. The van der Waals surface area contributed by atoms with Crippen LogP contribution in [0.1, 0.15) is 30.6 Å². The lowest BCUT2D eigenvalue weighted by Crippen LogP contribution is -2.31. The van der Waals surface area contributed by atoms with Gasteiger partial charge in [-0.15, -0.1) is 0 Å². The smallest absolute Gasteiger partial charge is 0.227 e. The molecule has 1 heterocycles. The first-order valence-corrected chi connectivity index (χ1v) is 5.17. The van der Waals surface area contributed by atoms with Gasteiger partial charge < -0.3 is 10.0 Å². The maximum absolute atomic E-state index is 11.5. The molecule has 0 radical (unpaired) electrons. The fourth-order valence-electron chi connectivity index (χ4n) is 1.94. The molecule has 1 atom stereocenters. The number of aliphatic hydroxyl groups excluding tert-OH is 1. The molecule has 3 nitrogen and oxygen atoms in total. The van der Waals surface area contributed by atoms with E-state index in [0.717, 1.165) is 23.2 Å². The van der Waals surface area contributed by atoms with Crippen LogP contribution in [-0.2, 0) is 11.2 Å².